The van der Waals surface area contributed by atoms with Crippen molar-refractivity contribution in [2.24, 2.45) is 0 Å². The Hall–Kier alpha value is -0.420. The standard InChI is InChI=1S/C13H13FI2O4/c1-7(2)13(18)20-6-8(17)5-19-9-3-10(15)12(14)11(16)4-9/h3-4,8,17H,1,5-6H2,2H3. The summed E-state index contributed by atoms with van der Waals surface area (Å²) in [5, 5.41) is 9.62. The van der Waals surface area contributed by atoms with Crippen LogP contribution in [0, 0.1) is 13.0 Å². The molecule has 0 spiro atoms. The van der Waals surface area contributed by atoms with Crippen LogP contribution in [0.3, 0.4) is 0 Å². The molecule has 1 unspecified atom stereocenters. The lowest BCUT2D eigenvalue weighted by Crippen LogP contribution is -2.25. The number of aliphatic hydroxyl groups excluding tert-OH is 1. The molecule has 7 heteroatoms. The van der Waals surface area contributed by atoms with Crippen LogP contribution in [-0.4, -0.2) is 30.4 Å². The molecule has 0 fully saturated rings. The molecular formula is C13H13FI2O4. The zero-order valence-corrected chi connectivity index (χ0v) is 15.0. The minimum absolute atomic E-state index is 0.0543. The Morgan fingerprint density at radius 1 is 1.40 bits per heavy atom. The SMILES string of the molecule is C=C(C)C(=O)OCC(O)COc1cc(I)c(F)c(I)c1. The molecule has 20 heavy (non-hydrogen) atoms. The highest BCUT2D eigenvalue weighted by molar-refractivity contribution is 14.1. The summed E-state index contributed by atoms with van der Waals surface area (Å²) < 4.78 is 24.4. The Morgan fingerprint density at radius 2 is 1.95 bits per heavy atom. The van der Waals surface area contributed by atoms with Crippen molar-refractivity contribution in [2.45, 2.75) is 13.0 Å². The van der Waals surface area contributed by atoms with E-state index in [-0.39, 0.29) is 24.6 Å². The van der Waals surface area contributed by atoms with Gasteiger partial charge in [0.05, 0.1) is 7.14 Å². The van der Waals surface area contributed by atoms with Gasteiger partial charge in [0.1, 0.15) is 30.9 Å². The van der Waals surface area contributed by atoms with Crippen LogP contribution in [0.1, 0.15) is 6.92 Å². The topological polar surface area (TPSA) is 55.8 Å². The third kappa shape index (κ3) is 5.52. The fourth-order valence-electron chi connectivity index (χ4n) is 1.15. The van der Waals surface area contributed by atoms with Crippen molar-refractivity contribution in [3.63, 3.8) is 0 Å². The molecule has 0 aliphatic carbocycles. The van der Waals surface area contributed by atoms with Crippen LogP contribution >= 0.6 is 45.2 Å². The minimum atomic E-state index is -0.960. The lowest BCUT2D eigenvalue weighted by atomic mass is 10.3. The van der Waals surface area contributed by atoms with Gasteiger partial charge in [0.2, 0.25) is 0 Å². The molecular weight excluding hydrogens is 493 g/mol. The van der Waals surface area contributed by atoms with E-state index in [0.717, 1.165) is 0 Å². The van der Waals surface area contributed by atoms with Crippen LogP contribution in [0.4, 0.5) is 4.39 Å². The molecule has 0 aliphatic rings. The van der Waals surface area contributed by atoms with Crippen LogP contribution in [0.2, 0.25) is 0 Å². The molecule has 1 aromatic carbocycles. The highest BCUT2D eigenvalue weighted by atomic mass is 127. The van der Waals surface area contributed by atoms with Crippen molar-refractivity contribution >= 4 is 51.2 Å². The van der Waals surface area contributed by atoms with Crippen molar-refractivity contribution in [1.82, 2.24) is 0 Å². The smallest absolute Gasteiger partial charge is 0.333 e. The molecule has 0 heterocycles. The van der Waals surface area contributed by atoms with Crippen molar-refractivity contribution in [2.75, 3.05) is 13.2 Å². The maximum atomic E-state index is 13.4. The lowest BCUT2D eigenvalue weighted by Gasteiger charge is -2.13. The highest BCUT2D eigenvalue weighted by Crippen LogP contribution is 2.24. The summed E-state index contributed by atoms with van der Waals surface area (Å²) in [5.74, 6) is -0.408. The molecule has 4 nitrogen and oxygen atoms in total. The van der Waals surface area contributed by atoms with Crippen LogP contribution in [-0.2, 0) is 9.53 Å². The highest BCUT2D eigenvalue weighted by Gasteiger charge is 2.12. The molecule has 1 N–H and O–H groups in total. The summed E-state index contributed by atoms with van der Waals surface area (Å²) in [6.45, 7) is 4.72. The van der Waals surface area contributed by atoms with E-state index in [4.69, 9.17) is 9.47 Å². The molecule has 110 valence electrons. The zero-order valence-electron chi connectivity index (χ0n) is 10.7. The van der Waals surface area contributed by atoms with Gasteiger partial charge in [-0.1, -0.05) is 6.58 Å². The average molecular weight is 506 g/mol. The van der Waals surface area contributed by atoms with Crippen molar-refractivity contribution in [3.8, 4) is 5.75 Å². The van der Waals surface area contributed by atoms with Crippen molar-refractivity contribution in [3.05, 3.63) is 37.2 Å². The number of halogens is 3. The predicted octanol–water partition coefficient (Wildman–Crippen LogP) is 2.89. The van der Waals surface area contributed by atoms with Crippen LogP contribution < -0.4 is 4.74 Å². The van der Waals surface area contributed by atoms with Crippen molar-refractivity contribution in [1.29, 1.82) is 0 Å². The summed E-state index contributed by atoms with van der Waals surface area (Å²) in [6, 6.07) is 3.06. The van der Waals surface area contributed by atoms with Gasteiger partial charge in [-0.2, -0.15) is 0 Å². The van der Waals surface area contributed by atoms with E-state index in [1.165, 1.54) is 19.1 Å². The van der Waals surface area contributed by atoms with Gasteiger partial charge in [-0.05, 0) is 64.2 Å². The number of esters is 1. The Bertz CT molecular complexity index is 496. The summed E-state index contributed by atoms with van der Waals surface area (Å²) in [7, 11) is 0. The first kappa shape index (κ1) is 17.6. The van der Waals surface area contributed by atoms with Gasteiger partial charge in [-0.25, -0.2) is 9.18 Å². The predicted molar refractivity (Wildman–Crippen MR) is 89.1 cm³/mol. The van der Waals surface area contributed by atoms with Crippen molar-refractivity contribution < 1.29 is 23.8 Å². The quantitative estimate of drug-likeness (QED) is 0.279. The van der Waals surface area contributed by atoms with E-state index >= 15 is 0 Å². The van der Waals surface area contributed by atoms with E-state index in [1.807, 2.05) is 45.2 Å². The minimum Gasteiger partial charge on any atom is -0.491 e. The van der Waals surface area contributed by atoms with E-state index in [2.05, 4.69) is 6.58 Å². The molecule has 0 aliphatic heterocycles. The lowest BCUT2D eigenvalue weighted by molar-refractivity contribution is -0.142. The molecule has 1 aromatic rings. The second-order valence-corrected chi connectivity index (χ2v) is 6.37. The number of carbonyl (C=O) groups excluding carboxylic acids is 1. The number of hydrogen-bond acceptors (Lipinski definition) is 4. The van der Waals surface area contributed by atoms with Crippen LogP contribution in [0.25, 0.3) is 0 Å². The van der Waals surface area contributed by atoms with E-state index in [0.29, 0.717) is 12.9 Å². The molecule has 0 bridgehead atoms. The van der Waals surface area contributed by atoms with E-state index in [9.17, 15) is 14.3 Å². The summed E-state index contributed by atoms with van der Waals surface area (Å²) in [5.41, 5.74) is 0.265. The first-order valence-corrected chi connectivity index (χ1v) is 7.75. The number of rotatable bonds is 6. The number of hydrogen-bond donors (Lipinski definition) is 1. The largest absolute Gasteiger partial charge is 0.491 e. The molecule has 0 saturated heterocycles. The van der Waals surface area contributed by atoms with E-state index < -0.39 is 12.1 Å². The summed E-state index contributed by atoms with van der Waals surface area (Å²) in [4.78, 5) is 11.1. The van der Waals surface area contributed by atoms with Crippen LogP contribution in [0.5, 0.6) is 5.75 Å². The zero-order chi connectivity index (χ0) is 15.3. The fraction of sp³-hybridized carbons (Fsp3) is 0.308. The molecule has 1 rings (SSSR count). The molecule has 0 aromatic heterocycles. The van der Waals surface area contributed by atoms with E-state index in [1.54, 1.807) is 0 Å². The summed E-state index contributed by atoms with van der Waals surface area (Å²) in [6.07, 6.45) is -0.960. The van der Waals surface area contributed by atoms with Gasteiger partial charge >= 0.3 is 5.97 Å². The van der Waals surface area contributed by atoms with Gasteiger partial charge in [-0.15, -0.1) is 0 Å². The van der Waals surface area contributed by atoms with Gasteiger partial charge in [0.25, 0.3) is 0 Å². The number of aliphatic hydroxyl groups is 1. The normalized spacial score (nSPS) is 11.8. The maximum Gasteiger partial charge on any atom is 0.333 e. The van der Waals surface area contributed by atoms with Gasteiger partial charge < -0.3 is 14.6 Å². The summed E-state index contributed by atoms with van der Waals surface area (Å²) >= 11 is 3.73. The third-order valence-corrected chi connectivity index (χ3v) is 3.72. The fourth-order valence-corrected chi connectivity index (χ4v) is 2.86. The Kier molecular flexibility index (Phi) is 7.17. The Labute approximate surface area is 143 Å². The molecule has 1 atom stereocenters. The van der Waals surface area contributed by atoms with Crippen LogP contribution in [0.15, 0.2) is 24.3 Å². The first-order chi connectivity index (χ1) is 9.31. The Balaban J connectivity index is 2.47. The van der Waals surface area contributed by atoms with Gasteiger partial charge in [0.15, 0.2) is 0 Å². The Morgan fingerprint density at radius 3 is 2.45 bits per heavy atom. The molecule has 0 radical (unpaired) electrons. The number of benzene rings is 1. The number of carbonyl (C=O) groups is 1. The third-order valence-electron chi connectivity index (χ3n) is 2.15. The van der Waals surface area contributed by atoms with Gasteiger partial charge in [-0.3, -0.25) is 0 Å². The molecule has 0 amide bonds. The second kappa shape index (κ2) is 8.13. The first-order valence-electron chi connectivity index (χ1n) is 5.59. The second-order valence-electron chi connectivity index (χ2n) is 4.04. The average Bonchev–Trinajstić information content (AvgIpc) is 2.39. The number of ether oxygens (including phenoxy) is 2. The monoisotopic (exact) mass is 506 g/mol. The van der Waals surface area contributed by atoms with Gasteiger partial charge in [0, 0.05) is 5.57 Å². The maximum absolute atomic E-state index is 13.4. The molecule has 0 saturated carbocycles.